The summed E-state index contributed by atoms with van der Waals surface area (Å²) < 4.78 is 5.80. The molecule has 0 saturated heterocycles. The van der Waals surface area contributed by atoms with E-state index in [0.717, 1.165) is 5.56 Å². The molecule has 102 valence electrons. The number of halogens is 1. The van der Waals surface area contributed by atoms with Gasteiger partial charge in [-0.3, -0.25) is 0 Å². The van der Waals surface area contributed by atoms with Gasteiger partial charge in [0.15, 0.2) is 0 Å². The lowest BCUT2D eigenvalue weighted by Crippen LogP contribution is -2.49. The Morgan fingerprint density at radius 2 is 2.00 bits per heavy atom. The predicted octanol–water partition coefficient (Wildman–Crippen LogP) is 2.76. The number of hydrogen-bond acceptors (Lipinski definition) is 3. The molecule has 4 heteroatoms. The molecule has 0 spiro atoms. The summed E-state index contributed by atoms with van der Waals surface area (Å²) in [4.78, 5) is 0. The maximum Gasteiger partial charge on any atom is 0.137 e. The van der Waals surface area contributed by atoms with Gasteiger partial charge in [0, 0.05) is 11.1 Å². The molecule has 0 amide bonds. The van der Waals surface area contributed by atoms with Gasteiger partial charge in [-0.25, -0.2) is 0 Å². The van der Waals surface area contributed by atoms with Gasteiger partial charge in [0.1, 0.15) is 11.9 Å². The molecule has 2 atom stereocenters. The van der Waals surface area contributed by atoms with Crippen LogP contribution >= 0.6 is 11.6 Å². The monoisotopic (exact) mass is 271 g/mol. The Balaban J connectivity index is 2.89. The molecule has 0 heterocycles. The van der Waals surface area contributed by atoms with Crippen LogP contribution in [0.3, 0.4) is 0 Å². The summed E-state index contributed by atoms with van der Waals surface area (Å²) in [6.07, 6.45) is -0.442. The van der Waals surface area contributed by atoms with Crippen molar-refractivity contribution in [1.82, 2.24) is 0 Å². The summed E-state index contributed by atoms with van der Waals surface area (Å²) in [5, 5.41) is 10.1. The van der Waals surface area contributed by atoms with E-state index in [-0.39, 0.29) is 18.1 Å². The van der Waals surface area contributed by atoms with E-state index in [1.807, 2.05) is 33.8 Å². The van der Waals surface area contributed by atoms with Crippen LogP contribution in [-0.2, 0) is 0 Å². The van der Waals surface area contributed by atoms with Gasteiger partial charge in [0.05, 0.1) is 6.61 Å². The molecule has 1 rings (SSSR count). The number of aliphatic hydroxyl groups excluding tert-OH is 1. The Bertz CT molecular complexity index is 401. The third-order valence-corrected chi connectivity index (χ3v) is 3.24. The summed E-state index contributed by atoms with van der Waals surface area (Å²) in [7, 11) is 0. The summed E-state index contributed by atoms with van der Waals surface area (Å²) >= 11 is 5.94. The molecule has 0 aliphatic rings. The molecule has 0 saturated carbocycles. The minimum Gasteiger partial charge on any atom is -0.486 e. The maximum absolute atomic E-state index is 9.44. The molecule has 0 radical (unpaired) electrons. The molecule has 1 aromatic carbocycles. The number of hydrogen-bond donors (Lipinski definition) is 2. The molecule has 3 nitrogen and oxygen atoms in total. The van der Waals surface area contributed by atoms with Gasteiger partial charge in [-0.1, -0.05) is 38.4 Å². The van der Waals surface area contributed by atoms with Crippen molar-refractivity contribution in [2.75, 3.05) is 6.61 Å². The molecule has 0 aromatic heterocycles. The lowest BCUT2D eigenvalue weighted by Gasteiger charge is -2.33. The molecule has 0 bridgehead atoms. The summed E-state index contributed by atoms with van der Waals surface area (Å²) in [5.74, 6) is 0.668. The SMILES string of the molecule is Cc1ccc(Cl)cc1OC(CO)C(N)C(C)(C)C. The number of benzene rings is 1. The fraction of sp³-hybridized carbons (Fsp3) is 0.571. The first kappa shape index (κ1) is 15.3. The summed E-state index contributed by atoms with van der Waals surface area (Å²) in [6, 6.07) is 5.17. The number of nitrogens with two attached hydrogens (primary N) is 1. The van der Waals surface area contributed by atoms with E-state index in [0.29, 0.717) is 10.8 Å². The van der Waals surface area contributed by atoms with E-state index >= 15 is 0 Å². The van der Waals surface area contributed by atoms with Crippen LogP contribution < -0.4 is 10.5 Å². The van der Waals surface area contributed by atoms with Crippen LogP contribution in [0.5, 0.6) is 5.75 Å². The Kier molecular flexibility index (Phi) is 5.02. The van der Waals surface area contributed by atoms with Crippen molar-refractivity contribution in [3.8, 4) is 5.75 Å². The summed E-state index contributed by atoms with van der Waals surface area (Å²) in [5.41, 5.74) is 6.96. The zero-order valence-electron chi connectivity index (χ0n) is 11.4. The van der Waals surface area contributed by atoms with Gasteiger partial charge in [0.2, 0.25) is 0 Å². The van der Waals surface area contributed by atoms with E-state index in [9.17, 15) is 5.11 Å². The Morgan fingerprint density at radius 3 is 2.50 bits per heavy atom. The molecular formula is C14H22ClNO2. The molecular weight excluding hydrogens is 250 g/mol. The third kappa shape index (κ3) is 3.87. The minimum atomic E-state index is -0.442. The maximum atomic E-state index is 9.44. The van der Waals surface area contributed by atoms with Gasteiger partial charge in [-0.15, -0.1) is 0 Å². The van der Waals surface area contributed by atoms with Crippen LogP contribution in [0.25, 0.3) is 0 Å². The molecule has 18 heavy (non-hydrogen) atoms. The first-order valence-electron chi connectivity index (χ1n) is 6.05. The molecule has 2 unspecified atom stereocenters. The fourth-order valence-corrected chi connectivity index (χ4v) is 1.81. The van der Waals surface area contributed by atoms with Gasteiger partial charge in [0.25, 0.3) is 0 Å². The van der Waals surface area contributed by atoms with Crippen LogP contribution in [0.15, 0.2) is 18.2 Å². The van der Waals surface area contributed by atoms with Crippen molar-refractivity contribution < 1.29 is 9.84 Å². The van der Waals surface area contributed by atoms with Crippen LogP contribution in [0, 0.1) is 12.3 Å². The largest absolute Gasteiger partial charge is 0.486 e. The normalized spacial score (nSPS) is 15.3. The zero-order chi connectivity index (χ0) is 13.9. The van der Waals surface area contributed by atoms with Gasteiger partial charge < -0.3 is 15.6 Å². The Hall–Kier alpha value is -0.770. The van der Waals surface area contributed by atoms with E-state index in [4.69, 9.17) is 22.1 Å². The van der Waals surface area contributed by atoms with Crippen molar-refractivity contribution in [2.45, 2.75) is 39.8 Å². The lowest BCUT2D eigenvalue weighted by atomic mass is 9.84. The van der Waals surface area contributed by atoms with Crippen LogP contribution in [0.2, 0.25) is 5.02 Å². The Morgan fingerprint density at radius 1 is 1.39 bits per heavy atom. The molecule has 0 fully saturated rings. The fourth-order valence-electron chi connectivity index (χ4n) is 1.65. The quantitative estimate of drug-likeness (QED) is 0.885. The first-order chi connectivity index (χ1) is 8.25. The van der Waals surface area contributed by atoms with Crippen molar-refractivity contribution in [2.24, 2.45) is 11.1 Å². The highest BCUT2D eigenvalue weighted by molar-refractivity contribution is 6.30. The highest BCUT2D eigenvalue weighted by atomic mass is 35.5. The number of rotatable bonds is 4. The van der Waals surface area contributed by atoms with Crippen LogP contribution in [-0.4, -0.2) is 23.9 Å². The highest BCUT2D eigenvalue weighted by Crippen LogP contribution is 2.27. The molecule has 1 aromatic rings. The molecule has 3 N–H and O–H groups in total. The lowest BCUT2D eigenvalue weighted by molar-refractivity contribution is 0.0587. The van der Waals surface area contributed by atoms with Gasteiger partial charge in [-0.2, -0.15) is 0 Å². The average Bonchev–Trinajstić information content (AvgIpc) is 2.28. The van der Waals surface area contributed by atoms with Crippen LogP contribution in [0.1, 0.15) is 26.3 Å². The number of ether oxygens (including phenoxy) is 1. The molecule has 0 aliphatic carbocycles. The average molecular weight is 272 g/mol. The zero-order valence-corrected chi connectivity index (χ0v) is 12.2. The van der Waals surface area contributed by atoms with Crippen LogP contribution in [0.4, 0.5) is 0 Å². The second kappa shape index (κ2) is 5.91. The van der Waals surface area contributed by atoms with Crippen molar-refractivity contribution >= 4 is 11.6 Å². The highest BCUT2D eigenvalue weighted by Gasteiger charge is 2.30. The standard InChI is InChI=1S/C14H22ClNO2/c1-9-5-6-10(15)7-11(9)18-12(8-17)13(16)14(2,3)4/h5-7,12-13,17H,8,16H2,1-4H3. The second-order valence-electron chi connectivity index (χ2n) is 5.64. The van der Waals surface area contributed by atoms with Crippen molar-refractivity contribution in [1.29, 1.82) is 0 Å². The Labute approximate surface area is 114 Å². The third-order valence-electron chi connectivity index (χ3n) is 3.01. The van der Waals surface area contributed by atoms with E-state index < -0.39 is 6.10 Å². The van der Waals surface area contributed by atoms with E-state index in [2.05, 4.69) is 0 Å². The summed E-state index contributed by atoms with van der Waals surface area (Å²) in [6.45, 7) is 7.88. The topological polar surface area (TPSA) is 55.5 Å². The van der Waals surface area contributed by atoms with E-state index in [1.54, 1.807) is 12.1 Å². The first-order valence-corrected chi connectivity index (χ1v) is 6.42. The van der Waals surface area contributed by atoms with Gasteiger partial charge in [-0.05, 0) is 30.0 Å². The smallest absolute Gasteiger partial charge is 0.137 e. The molecule has 0 aliphatic heterocycles. The number of aliphatic hydroxyl groups is 1. The number of aryl methyl sites for hydroxylation is 1. The van der Waals surface area contributed by atoms with Crippen molar-refractivity contribution in [3.63, 3.8) is 0 Å². The predicted molar refractivity (Wildman–Crippen MR) is 75.1 cm³/mol. The minimum absolute atomic E-state index is 0.121. The van der Waals surface area contributed by atoms with Gasteiger partial charge >= 0.3 is 0 Å². The van der Waals surface area contributed by atoms with Crippen molar-refractivity contribution in [3.05, 3.63) is 28.8 Å². The second-order valence-corrected chi connectivity index (χ2v) is 6.08. The van der Waals surface area contributed by atoms with E-state index in [1.165, 1.54) is 0 Å².